The highest BCUT2D eigenvalue weighted by Gasteiger charge is 2.05. The lowest BCUT2D eigenvalue weighted by Gasteiger charge is -2.14. The number of nitrogens with zero attached hydrogens (tertiary/aromatic N) is 2. The van der Waals surface area contributed by atoms with Crippen LogP contribution >= 0.6 is 15.9 Å². The topological polar surface area (TPSA) is 37.8 Å². The van der Waals surface area contributed by atoms with Crippen LogP contribution in [0.15, 0.2) is 41.1 Å². The van der Waals surface area contributed by atoms with E-state index in [9.17, 15) is 0 Å². The Morgan fingerprint density at radius 1 is 1.33 bits per heavy atom. The molecule has 3 nitrogen and oxygen atoms in total. The lowest BCUT2D eigenvalue weighted by atomic mass is 10.1. The number of halogens is 1. The number of benzene rings is 1. The van der Waals surface area contributed by atoms with Crippen LogP contribution in [0, 0.1) is 6.92 Å². The Kier molecular flexibility index (Phi) is 4.31. The van der Waals surface area contributed by atoms with Gasteiger partial charge in [0, 0.05) is 16.7 Å². The smallest absolute Gasteiger partial charge is 0.145 e. The van der Waals surface area contributed by atoms with E-state index in [1.54, 1.807) is 12.4 Å². The molecule has 0 amide bonds. The molecular formula is C14H16BrN3. The van der Waals surface area contributed by atoms with Gasteiger partial charge in [0.25, 0.3) is 0 Å². The van der Waals surface area contributed by atoms with E-state index in [0.717, 1.165) is 22.4 Å². The Morgan fingerprint density at radius 3 is 2.89 bits per heavy atom. The van der Waals surface area contributed by atoms with Gasteiger partial charge in [0.15, 0.2) is 0 Å². The third-order valence-corrected chi connectivity index (χ3v) is 3.07. The van der Waals surface area contributed by atoms with Gasteiger partial charge in [0.1, 0.15) is 5.82 Å². The predicted molar refractivity (Wildman–Crippen MR) is 77.7 cm³/mol. The molecule has 0 saturated heterocycles. The first kappa shape index (κ1) is 13.0. The van der Waals surface area contributed by atoms with Gasteiger partial charge in [-0.3, -0.25) is 4.98 Å². The second kappa shape index (κ2) is 5.96. The van der Waals surface area contributed by atoms with Crippen LogP contribution in [-0.2, 0) is 6.42 Å². The quantitative estimate of drug-likeness (QED) is 0.938. The van der Waals surface area contributed by atoms with Gasteiger partial charge in [-0.25, -0.2) is 4.98 Å². The fourth-order valence-corrected chi connectivity index (χ4v) is 2.30. The van der Waals surface area contributed by atoms with Gasteiger partial charge in [-0.1, -0.05) is 28.1 Å². The summed E-state index contributed by atoms with van der Waals surface area (Å²) < 4.78 is 1.11. The number of anilines is 1. The fraction of sp³-hybridized carbons (Fsp3) is 0.286. The summed E-state index contributed by atoms with van der Waals surface area (Å²) in [6, 6.07) is 8.67. The summed E-state index contributed by atoms with van der Waals surface area (Å²) in [6.07, 6.45) is 4.46. The summed E-state index contributed by atoms with van der Waals surface area (Å²) in [4.78, 5) is 8.52. The van der Waals surface area contributed by atoms with Crippen molar-refractivity contribution in [1.29, 1.82) is 0 Å². The second-order valence-electron chi connectivity index (χ2n) is 4.43. The van der Waals surface area contributed by atoms with Crippen molar-refractivity contribution in [3.63, 3.8) is 0 Å². The molecule has 0 bridgehead atoms. The Morgan fingerprint density at radius 2 is 2.17 bits per heavy atom. The molecule has 4 heteroatoms. The molecule has 0 aliphatic carbocycles. The van der Waals surface area contributed by atoms with Gasteiger partial charge in [0.2, 0.25) is 0 Å². The van der Waals surface area contributed by atoms with Crippen LogP contribution < -0.4 is 5.32 Å². The maximum atomic E-state index is 4.39. The zero-order valence-corrected chi connectivity index (χ0v) is 12.1. The average Bonchev–Trinajstić information content (AvgIpc) is 2.28. The number of hydrogen-bond donors (Lipinski definition) is 1. The van der Waals surface area contributed by atoms with Crippen molar-refractivity contribution in [3.8, 4) is 0 Å². The van der Waals surface area contributed by atoms with Crippen molar-refractivity contribution in [2.75, 3.05) is 5.32 Å². The van der Waals surface area contributed by atoms with Crippen molar-refractivity contribution in [2.24, 2.45) is 0 Å². The van der Waals surface area contributed by atoms with Gasteiger partial charge >= 0.3 is 0 Å². The molecular weight excluding hydrogens is 290 g/mol. The molecule has 0 radical (unpaired) electrons. The molecule has 1 heterocycles. The number of hydrogen-bond acceptors (Lipinski definition) is 3. The molecule has 1 N–H and O–H groups in total. The van der Waals surface area contributed by atoms with E-state index in [-0.39, 0.29) is 0 Å². The van der Waals surface area contributed by atoms with Crippen LogP contribution in [0.1, 0.15) is 18.2 Å². The zero-order valence-electron chi connectivity index (χ0n) is 10.5. The Hall–Kier alpha value is -1.42. The van der Waals surface area contributed by atoms with Gasteiger partial charge < -0.3 is 5.32 Å². The maximum absolute atomic E-state index is 4.39. The third kappa shape index (κ3) is 3.81. The first-order valence-corrected chi connectivity index (χ1v) is 6.72. The first-order valence-electron chi connectivity index (χ1n) is 5.93. The van der Waals surface area contributed by atoms with E-state index in [2.05, 4.69) is 56.3 Å². The Bertz CT molecular complexity index is 480. The molecule has 2 rings (SSSR count). The Balaban J connectivity index is 1.98. The lowest BCUT2D eigenvalue weighted by molar-refractivity contribution is 0.781. The minimum atomic E-state index is 0.315. The van der Waals surface area contributed by atoms with Gasteiger partial charge in [-0.2, -0.15) is 0 Å². The summed E-state index contributed by atoms with van der Waals surface area (Å²) in [6.45, 7) is 4.09. The average molecular weight is 306 g/mol. The standard InChI is InChI=1S/C14H16BrN3/c1-10(6-12-4-3-5-13(15)7-12)17-14-9-16-8-11(2)18-14/h3-5,7-10H,6H2,1-2H3,(H,17,18). The minimum absolute atomic E-state index is 0.315. The normalized spacial score (nSPS) is 12.2. The number of aromatic nitrogens is 2. The van der Waals surface area contributed by atoms with Crippen LogP contribution in [0.3, 0.4) is 0 Å². The van der Waals surface area contributed by atoms with Gasteiger partial charge in [0.05, 0.1) is 11.9 Å². The van der Waals surface area contributed by atoms with E-state index >= 15 is 0 Å². The van der Waals surface area contributed by atoms with E-state index in [4.69, 9.17) is 0 Å². The molecule has 0 aliphatic heterocycles. The van der Waals surface area contributed by atoms with E-state index in [0.29, 0.717) is 6.04 Å². The largest absolute Gasteiger partial charge is 0.366 e. The summed E-state index contributed by atoms with van der Waals surface area (Å²) >= 11 is 3.49. The van der Waals surface area contributed by atoms with Crippen LogP contribution in [0.5, 0.6) is 0 Å². The molecule has 18 heavy (non-hydrogen) atoms. The molecule has 0 fully saturated rings. The van der Waals surface area contributed by atoms with Crippen molar-refractivity contribution in [3.05, 3.63) is 52.4 Å². The molecule has 0 saturated carbocycles. The molecule has 1 aromatic heterocycles. The second-order valence-corrected chi connectivity index (χ2v) is 5.34. The highest BCUT2D eigenvalue weighted by atomic mass is 79.9. The van der Waals surface area contributed by atoms with Crippen molar-refractivity contribution < 1.29 is 0 Å². The zero-order chi connectivity index (χ0) is 13.0. The van der Waals surface area contributed by atoms with E-state index in [1.807, 2.05) is 13.0 Å². The molecule has 0 aliphatic rings. The van der Waals surface area contributed by atoms with E-state index in [1.165, 1.54) is 5.56 Å². The Labute approximate surface area is 116 Å². The highest BCUT2D eigenvalue weighted by Crippen LogP contribution is 2.14. The molecule has 1 atom stereocenters. The van der Waals surface area contributed by atoms with Crippen LogP contribution in [0.25, 0.3) is 0 Å². The number of rotatable bonds is 4. The summed E-state index contributed by atoms with van der Waals surface area (Å²) in [5.74, 6) is 0.831. The number of aryl methyl sites for hydroxylation is 1. The SMILES string of the molecule is Cc1cncc(NC(C)Cc2cccc(Br)c2)n1. The predicted octanol–water partition coefficient (Wildman–Crippen LogP) is 3.59. The lowest BCUT2D eigenvalue weighted by Crippen LogP contribution is -2.19. The first-order chi connectivity index (χ1) is 8.63. The molecule has 2 aromatic rings. The molecule has 1 aromatic carbocycles. The van der Waals surface area contributed by atoms with Crippen LogP contribution in [-0.4, -0.2) is 16.0 Å². The van der Waals surface area contributed by atoms with Crippen molar-refractivity contribution >= 4 is 21.7 Å². The van der Waals surface area contributed by atoms with Crippen molar-refractivity contribution in [1.82, 2.24) is 9.97 Å². The number of nitrogens with one attached hydrogen (secondary N) is 1. The van der Waals surface area contributed by atoms with Gasteiger partial charge in [-0.15, -0.1) is 0 Å². The summed E-state index contributed by atoms with van der Waals surface area (Å²) in [5.41, 5.74) is 2.22. The maximum Gasteiger partial charge on any atom is 0.145 e. The van der Waals surface area contributed by atoms with Crippen molar-refractivity contribution in [2.45, 2.75) is 26.3 Å². The monoisotopic (exact) mass is 305 g/mol. The van der Waals surface area contributed by atoms with Crippen LogP contribution in [0.4, 0.5) is 5.82 Å². The fourth-order valence-electron chi connectivity index (χ4n) is 1.85. The summed E-state index contributed by atoms with van der Waals surface area (Å²) in [5, 5.41) is 3.36. The van der Waals surface area contributed by atoms with Crippen LogP contribution in [0.2, 0.25) is 0 Å². The van der Waals surface area contributed by atoms with Gasteiger partial charge in [-0.05, 0) is 38.0 Å². The summed E-state index contributed by atoms with van der Waals surface area (Å²) in [7, 11) is 0. The minimum Gasteiger partial charge on any atom is -0.366 e. The molecule has 1 unspecified atom stereocenters. The highest BCUT2D eigenvalue weighted by molar-refractivity contribution is 9.10. The third-order valence-electron chi connectivity index (χ3n) is 2.58. The van der Waals surface area contributed by atoms with E-state index < -0.39 is 0 Å². The molecule has 94 valence electrons. The molecule has 0 spiro atoms.